The third-order valence-corrected chi connectivity index (χ3v) is 7.26. The van der Waals surface area contributed by atoms with E-state index < -0.39 is 64.8 Å². The first kappa shape index (κ1) is 41.9. The molecule has 0 bridgehead atoms. The van der Waals surface area contributed by atoms with E-state index >= 15 is 0 Å². The predicted octanol–water partition coefficient (Wildman–Crippen LogP) is 2.80. The molecule has 282 valence electrons. The van der Waals surface area contributed by atoms with Crippen LogP contribution in [0, 0.1) is 0 Å². The number of ether oxygens (including phenoxy) is 3. The summed E-state index contributed by atoms with van der Waals surface area (Å²) in [5, 5.41) is 19.0. The molecule has 0 aliphatic heterocycles. The monoisotopic (exact) mass is 776 g/mol. The number of ketones is 3. The number of Topliss-reactive ketones (excluding diaryl/α,β-unsaturated/α-hetero) is 3. The quantitative estimate of drug-likeness (QED) is 0.0379. The second-order valence-corrected chi connectivity index (χ2v) is 10.8. The number of rotatable bonds is 17. The maximum atomic E-state index is 13.1. The highest BCUT2D eigenvalue weighted by Gasteiger charge is 2.30. The SMILES string of the molecule is COC(=O)c1ccc(C(=O)C=O)c(N=NC(C(=O)C=O)C(=O)Nc2ccc(NC(=O)C(N=Nc3cc(C(=O)C=O)ccc3C(=O)OC)C(=O)OC)c(Cl)c2)c1. The summed E-state index contributed by atoms with van der Waals surface area (Å²) >= 11 is 6.29. The fraction of sp³-hybridized carbons (Fsp3) is 0.147. The number of aldehydes is 3. The molecule has 0 radical (unpaired) electrons. The van der Waals surface area contributed by atoms with E-state index in [-0.39, 0.29) is 63.2 Å². The van der Waals surface area contributed by atoms with Crippen LogP contribution < -0.4 is 10.6 Å². The Morgan fingerprint density at radius 1 is 0.618 bits per heavy atom. The molecule has 2 amide bonds. The summed E-state index contributed by atoms with van der Waals surface area (Å²) in [6, 6.07) is 5.73. The molecule has 3 aromatic carbocycles. The molecule has 0 spiro atoms. The van der Waals surface area contributed by atoms with Gasteiger partial charge in [-0.1, -0.05) is 11.6 Å². The van der Waals surface area contributed by atoms with Crippen molar-refractivity contribution in [3.8, 4) is 0 Å². The number of amides is 2. The fourth-order valence-corrected chi connectivity index (χ4v) is 4.44. The molecule has 21 heteroatoms. The number of hydrogen-bond acceptors (Lipinski definition) is 18. The second-order valence-electron chi connectivity index (χ2n) is 10.4. The number of benzene rings is 3. The van der Waals surface area contributed by atoms with Gasteiger partial charge in [-0.25, -0.2) is 14.4 Å². The van der Waals surface area contributed by atoms with Gasteiger partial charge in [0.15, 0.2) is 18.9 Å². The van der Waals surface area contributed by atoms with Crippen molar-refractivity contribution >= 4 is 100 Å². The van der Waals surface area contributed by atoms with Crippen molar-refractivity contribution in [3.05, 3.63) is 81.9 Å². The van der Waals surface area contributed by atoms with Crippen LogP contribution in [0.25, 0.3) is 0 Å². The lowest BCUT2D eigenvalue weighted by Crippen LogP contribution is -2.34. The topological polar surface area (TPSA) is 289 Å². The molecule has 20 nitrogen and oxygen atoms in total. The molecule has 2 N–H and O–H groups in total. The van der Waals surface area contributed by atoms with Gasteiger partial charge in [-0.2, -0.15) is 20.5 Å². The number of nitrogens with zero attached hydrogens (tertiary/aromatic N) is 4. The number of carbonyl (C=O) groups is 11. The second kappa shape index (κ2) is 19.4. The summed E-state index contributed by atoms with van der Waals surface area (Å²) in [6.45, 7) is 0. The Morgan fingerprint density at radius 2 is 1.18 bits per heavy atom. The average molecular weight is 777 g/mol. The number of anilines is 2. The summed E-state index contributed by atoms with van der Waals surface area (Å²) < 4.78 is 13.9. The third kappa shape index (κ3) is 10.5. The van der Waals surface area contributed by atoms with Gasteiger partial charge in [-0.15, -0.1) is 0 Å². The van der Waals surface area contributed by atoms with Crippen LogP contribution >= 0.6 is 11.6 Å². The Labute approximate surface area is 313 Å². The van der Waals surface area contributed by atoms with Gasteiger partial charge in [0.25, 0.3) is 11.8 Å². The zero-order chi connectivity index (χ0) is 40.8. The van der Waals surface area contributed by atoms with E-state index in [0.29, 0.717) is 0 Å². The summed E-state index contributed by atoms with van der Waals surface area (Å²) in [5.41, 5.74) is -1.91. The maximum Gasteiger partial charge on any atom is 0.342 e. The smallest absolute Gasteiger partial charge is 0.342 e. The Bertz CT molecular complexity index is 2180. The minimum atomic E-state index is -2.14. The highest BCUT2D eigenvalue weighted by atomic mass is 35.5. The van der Waals surface area contributed by atoms with E-state index in [2.05, 4.69) is 45.3 Å². The zero-order valence-electron chi connectivity index (χ0n) is 28.5. The first-order valence-electron chi connectivity index (χ1n) is 15.0. The lowest BCUT2D eigenvalue weighted by atomic mass is 10.1. The van der Waals surface area contributed by atoms with Gasteiger partial charge in [-0.3, -0.25) is 38.4 Å². The van der Waals surface area contributed by atoms with Crippen molar-refractivity contribution in [1.82, 2.24) is 0 Å². The first-order valence-corrected chi connectivity index (χ1v) is 15.3. The number of methoxy groups -OCH3 is 3. The number of halogens is 1. The Morgan fingerprint density at radius 3 is 1.76 bits per heavy atom. The van der Waals surface area contributed by atoms with Gasteiger partial charge in [0, 0.05) is 11.3 Å². The average Bonchev–Trinajstić information content (AvgIpc) is 3.20. The normalized spacial score (nSPS) is 11.8. The molecule has 0 aromatic heterocycles. The third-order valence-electron chi connectivity index (χ3n) is 6.95. The van der Waals surface area contributed by atoms with E-state index in [4.69, 9.17) is 11.6 Å². The Kier molecular flexibility index (Phi) is 14.8. The molecule has 0 fully saturated rings. The zero-order valence-corrected chi connectivity index (χ0v) is 29.2. The van der Waals surface area contributed by atoms with Crippen molar-refractivity contribution < 1.29 is 67.0 Å². The highest BCUT2D eigenvalue weighted by Crippen LogP contribution is 2.28. The first-order chi connectivity index (χ1) is 26.2. The van der Waals surface area contributed by atoms with E-state index in [1.165, 1.54) is 6.07 Å². The number of carbonyl (C=O) groups excluding carboxylic acids is 11. The van der Waals surface area contributed by atoms with Crippen molar-refractivity contribution in [2.75, 3.05) is 32.0 Å². The molecule has 0 saturated heterocycles. The van der Waals surface area contributed by atoms with E-state index in [1.54, 1.807) is 0 Å². The standard InChI is InChI=1S/C34H25ClN6O14/c1-53-32(50)17-5-7-19(26(46)14-43)23(11-17)38-40-28(27(47)15-44)30(48)36-18-6-9-22(21(35)12-18)37-31(49)29(34(52)55-3)41-39-24-10-16(25(45)13-42)4-8-20(24)33(51)54-2/h4-15,28-29H,1-3H3,(H,36,48)(H,37,49). The van der Waals surface area contributed by atoms with Crippen molar-refractivity contribution in [3.63, 3.8) is 0 Å². The molecule has 55 heavy (non-hydrogen) atoms. The molecule has 2 atom stereocenters. The number of azo groups is 2. The summed E-state index contributed by atoms with van der Waals surface area (Å²) in [6.07, 6.45) is -0.253. The van der Waals surface area contributed by atoms with Gasteiger partial charge in [0.05, 0.1) is 54.4 Å². The van der Waals surface area contributed by atoms with Gasteiger partial charge < -0.3 is 24.8 Å². The summed E-state index contributed by atoms with van der Waals surface area (Å²) in [4.78, 5) is 133. The van der Waals surface area contributed by atoms with Crippen LogP contribution in [0.15, 0.2) is 75.1 Å². The molecule has 0 aliphatic rings. The van der Waals surface area contributed by atoms with Crippen LogP contribution in [0.3, 0.4) is 0 Å². The van der Waals surface area contributed by atoms with Crippen LogP contribution in [0.5, 0.6) is 0 Å². The van der Waals surface area contributed by atoms with E-state index in [9.17, 15) is 52.7 Å². The largest absolute Gasteiger partial charge is 0.467 e. The van der Waals surface area contributed by atoms with Gasteiger partial charge in [0.1, 0.15) is 5.69 Å². The molecule has 3 aromatic rings. The van der Waals surface area contributed by atoms with Gasteiger partial charge >= 0.3 is 17.9 Å². The molecule has 0 aliphatic carbocycles. The number of nitrogens with one attached hydrogen (secondary N) is 2. The summed E-state index contributed by atoms with van der Waals surface area (Å²) in [7, 11) is 3.07. The maximum absolute atomic E-state index is 13.1. The van der Waals surface area contributed by atoms with Crippen molar-refractivity contribution in [1.29, 1.82) is 0 Å². The predicted molar refractivity (Wildman–Crippen MR) is 185 cm³/mol. The Balaban J connectivity index is 1.88. The minimum Gasteiger partial charge on any atom is -0.467 e. The molecular weight excluding hydrogens is 752 g/mol. The lowest BCUT2D eigenvalue weighted by Gasteiger charge is -2.14. The van der Waals surface area contributed by atoms with Crippen LogP contribution in [0.1, 0.15) is 41.4 Å². The van der Waals surface area contributed by atoms with Crippen LogP contribution in [0.4, 0.5) is 22.7 Å². The minimum absolute atomic E-state index is 0.0145. The van der Waals surface area contributed by atoms with Crippen LogP contribution in [0.2, 0.25) is 5.02 Å². The van der Waals surface area contributed by atoms with Gasteiger partial charge in [-0.05, 0) is 54.6 Å². The molecular formula is C34H25ClN6O14. The summed E-state index contributed by atoms with van der Waals surface area (Å²) in [5.74, 6) is -8.81. The Hall–Kier alpha value is -7.48. The lowest BCUT2D eigenvalue weighted by molar-refractivity contribution is -0.144. The van der Waals surface area contributed by atoms with Crippen LogP contribution in [-0.4, -0.2) is 99.3 Å². The number of hydrogen-bond donors (Lipinski definition) is 2. The molecule has 3 rings (SSSR count). The van der Waals surface area contributed by atoms with E-state index in [1.807, 2.05) is 0 Å². The fourth-order valence-electron chi connectivity index (χ4n) is 4.22. The van der Waals surface area contributed by atoms with Crippen molar-refractivity contribution in [2.45, 2.75) is 12.1 Å². The highest BCUT2D eigenvalue weighted by molar-refractivity contribution is 6.36. The van der Waals surface area contributed by atoms with E-state index in [0.717, 1.165) is 69.9 Å². The number of esters is 3. The van der Waals surface area contributed by atoms with Crippen molar-refractivity contribution in [2.24, 2.45) is 20.5 Å². The molecule has 0 heterocycles. The van der Waals surface area contributed by atoms with Crippen LogP contribution in [-0.2, 0) is 47.8 Å². The van der Waals surface area contributed by atoms with Gasteiger partial charge in [0.2, 0.25) is 29.4 Å². The molecule has 2 unspecified atom stereocenters. The molecule has 0 saturated carbocycles.